The summed E-state index contributed by atoms with van der Waals surface area (Å²) in [6.45, 7) is 1.83. The summed E-state index contributed by atoms with van der Waals surface area (Å²) in [7, 11) is 0. The lowest BCUT2D eigenvalue weighted by Gasteiger charge is -1.95. The molecular formula is C7H5BrF. The minimum atomic E-state index is -0.324. The first kappa shape index (κ1) is 6.75. The topological polar surface area (TPSA) is 0 Å². The molecule has 9 heavy (non-hydrogen) atoms. The van der Waals surface area contributed by atoms with Crippen molar-refractivity contribution in [1.29, 1.82) is 0 Å². The summed E-state index contributed by atoms with van der Waals surface area (Å²) in [5.74, 6) is -0.324. The van der Waals surface area contributed by atoms with Gasteiger partial charge >= 0.3 is 0 Å². The van der Waals surface area contributed by atoms with Gasteiger partial charge in [-0.2, -0.15) is 0 Å². The first-order valence-electron chi connectivity index (χ1n) is 2.54. The molecule has 0 bridgehead atoms. The summed E-state index contributed by atoms with van der Waals surface area (Å²) >= 11 is 3.07. The molecule has 0 N–H and O–H groups in total. The molecule has 1 radical (unpaired) electrons. The van der Waals surface area contributed by atoms with E-state index in [4.69, 9.17) is 0 Å². The maximum absolute atomic E-state index is 12.5. The van der Waals surface area contributed by atoms with Gasteiger partial charge in [-0.05, 0) is 28.4 Å². The Kier molecular flexibility index (Phi) is 1.86. The molecule has 0 amide bonds. The zero-order chi connectivity index (χ0) is 6.85. The lowest BCUT2D eigenvalue weighted by Crippen LogP contribution is -1.79. The fourth-order valence-electron chi connectivity index (χ4n) is 0.549. The Labute approximate surface area is 61.8 Å². The van der Waals surface area contributed by atoms with Crippen LogP contribution in [0.25, 0.3) is 0 Å². The van der Waals surface area contributed by atoms with Crippen LogP contribution in [0.5, 0.6) is 0 Å². The van der Waals surface area contributed by atoms with Gasteiger partial charge < -0.3 is 0 Å². The molecule has 1 aromatic rings. The Hall–Kier alpha value is -0.370. The summed E-state index contributed by atoms with van der Waals surface area (Å²) in [6, 6.07) is 5.79. The summed E-state index contributed by atoms with van der Waals surface area (Å²) in [6.07, 6.45) is 0. The lowest BCUT2D eigenvalue weighted by atomic mass is 10.2. The second-order valence-electron chi connectivity index (χ2n) is 1.79. The van der Waals surface area contributed by atoms with Gasteiger partial charge in [-0.25, -0.2) is 4.39 Å². The zero-order valence-electron chi connectivity index (χ0n) is 4.91. The molecule has 0 aliphatic rings. The van der Waals surface area contributed by atoms with E-state index in [2.05, 4.69) is 22.0 Å². The van der Waals surface area contributed by atoms with Gasteiger partial charge in [0.05, 0.1) is 4.47 Å². The van der Waals surface area contributed by atoms with Crippen LogP contribution in [0, 0.1) is 18.8 Å². The number of hydrogen-bond donors (Lipinski definition) is 0. The fourth-order valence-corrected chi connectivity index (χ4v) is 0.796. The predicted molar refractivity (Wildman–Crippen MR) is 37.7 cm³/mol. The van der Waals surface area contributed by atoms with Crippen LogP contribution in [-0.4, -0.2) is 0 Å². The standard InChI is InChI=1S/C7H5BrF/c1-5-3-2-4-6(9)7(5)8/h2-3H,1H3. The van der Waals surface area contributed by atoms with Crippen LogP contribution in [-0.2, 0) is 0 Å². The molecule has 2 heteroatoms. The monoisotopic (exact) mass is 187 g/mol. The Morgan fingerprint density at radius 2 is 2.33 bits per heavy atom. The highest BCUT2D eigenvalue weighted by Gasteiger charge is 1.98. The van der Waals surface area contributed by atoms with Crippen LogP contribution in [0.15, 0.2) is 16.6 Å². The smallest absolute Gasteiger partial charge is 0.145 e. The average molecular weight is 188 g/mol. The molecular weight excluding hydrogens is 183 g/mol. The molecule has 0 unspecified atom stereocenters. The van der Waals surface area contributed by atoms with Crippen LogP contribution in [0.4, 0.5) is 4.39 Å². The third-order valence-corrected chi connectivity index (χ3v) is 2.06. The molecule has 0 heterocycles. The van der Waals surface area contributed by atoms with Crippen molar-refractivity contribution in [2.45, 2.75) is 6.92 Å². The van der Waals surface area contributed by atoms with E-state index in [1.807, 2.05) is 6.92 Å². The molecule has 0 aliphatic carbocycles. The van der Waals surface area contributed by atoms with Crippen molar-refractivity contribution in [3.05, 3.63) is 34.1 Å². The van der Waals surface area contributed by atoms with Gasteiger partial charge in [0.2, 0.25) is 0 Å². The molecule has 0 atom stereocenters. The molecule has 47 valence electrons. The van der Waals surface area contributed by atoms with Gasteiger partial charge in [-0.1, -0.05) is 12.1 Å². The first-order valence-corrected chi connectivity index (χ1v) is 3.33. The SMILES string of the molecule is Cc1cc[c]c(F)c1Br. The summed E-state index contributed by atoms with van der Waals surface area (Å²) in [4.78, 5) is 0. The van der Waals surface area contributed by atoms with Gasteiger partial charge in [0, 0.05) is 6.07 Å². The molecule has 0 aliphatic heterocycles. The van der Waals surface area contributed by atoms with E-state index < -0.39 is 0 Å². The maximum Gasteiger partial charge on any atom is 0.145 e. The van der Waals surface area contributed by atoms with Crippen LogP contribution < -0.4 is 0 Å². The van der Waals surface area contributed by atoms with E-state index >= 15 is 0 Å². The van der Waals surface area contributed by atoms with Crippen molar-refractivity contribution >= 4 is 15.9 Å². The molecule has 0 nitrogen and oxygen atoms in total. The van der Waals surface area contributed by atoms with Crippen molar-refractivity contribution in [2.24, 2.45) is 0 Å². The molecule has 1 rings (SSSR count). The third kappa shape index (κ3) is 1.30. The number of rotatable bonds is 0. The largest absolute Gasteiger partial charge is 0.205 e. The van der Waals surface area contributed by atoms with E-state index in [1.54, 1.807) is 12.1 Å². The predicted octanol–water partition coefficient (Wildman–Crippen LogP) is 2.70. The van der Waals surface area contributed by atoms with Crippen LogP contribution in [0.3, 0.4) is 0 Å². The van der Waals surface area contributed by atoms with Gasteiger partial charge in [-0.3, -0.25) is 0 Å². The van der Waals surface area contributed by atoms with Gasteiger partial charge in [-0.15, -0.1) is 0 Å². The quantitative estimate of drug-likeness (QED) is 0.587. The third-order valence-electron chi connectivity index (χ3n) is 1.08. The number of hydrogen-bond acceptors (Lipinski definition) is 0. The number of aryl methyl sites for hydroxylation is 1. The van der Waals surface area contributed by atoms with E-state index in [0.717, 1.165) is 5.56 Å². The number of benzene rings is 1. The average Bonchev–Trinajstić information content (AvgIpc) is 1.83. The van der Waals surface area contributed by atoms with Crippen LogP contribution >= 0.6 is 15.9 Å². The van der Waals surface area contributed by atoms with E-state index in [1.165, 1.54) is 0 Å². The second-order valence-corrected chi connectivity index (χ2v) is 2.58. The van der Waals surface area contributed by atoms with E-state index in [-0.39, 0.29) is 5.82 Å². The molecule has 0 saturated carbocycles. The van der Waals surface area contributed by atoms with E-state index in [9.17, 15) is 4.39 Å². The molecule has 0 saturated heterocycles. The first-order chi connectivity index (χ1) is 4.22. The van der Waals surface area contributed by atoms with Gasteiger partial charge in [0.15, 0.2) is 0 Å². The summed E-state index contributed by atoms with van der Waals surface area (Å²) in [5, 5.41) is 0. The highest BCUT2D eigenvalue weighted by molar-refractivity contribution is 9.10. The van der Waals surface area contributed by atoms with Crippen LogP contribution in [0.2, 0.25) is 0 Å². The fraction of sp³-hybridized carbons (Fsp3) is 0.143. The van der Waals surface area contributed by atoms with Crippen molar-refractivity contribution in [2.75, 3.05) is 0 Å². The minimum Gasteiger partial charge on any atom is -0.205 e. The van der Waals surface area contributed by atoms with Gasteiger partial charge in [0.25, 0.3) is 0 Å². The summed E-state index contributed by atoms with van der Waals surface area (Å²) < 4.78 is 13.0. The molecule has 0 aromatic heterocycles. The molecule has 0 fully saturated rings. The van der Waals surface area contributed by atoms with Crippen molar-refractivity contribution in [3.8, 4) is 0 Å². The van der Waals surface area contributed by atoms with E-state index in [0.29, 0.717) is 4.47 Å². The summed E-state index contributed by atoms with van der Waals surface area (Å²) in [5.41, 5.74) is 0.895. The second kappa shape index (κ2) is 2.48. The van der Waals surface area contributed by atoms with Crippen molar-refractivity contribution < 1.29 is 4.39 Å². The highest BCUT2D eigenvalue weighted by atomic mass is 79.9. The Balaban J connectivity index is 3.25. The van der Waals surface area contributed by atoms with Crippen molar-refractivity contribution in [1.82, 2.24) is 0 Å². The Bertz CT molecular complexity index is 200. The van der Waals surface area contributed by atoms with Crippen molar-refractivity contribution in [3.63, 3.8) is 0 Å². The molecule has 1 aromatic carbocycles. The molecule has 0 spiro atoms. The normalized spacial score (nSPS) is 9.67. The highest BCUT2D eigenvalue weighted by Crippen LogP contribution is 2.17. The Morgan fingerprint density at radius 1 is 1.67 bits per heavy atom. The zero-order valence-corrected chi connectivity index (χ0v) is 6.50. The van der Waals surface area contributed by atoms with Crippen LogP contribution in [0.1, 0.15) is 5.56 Å². The van der Waals surface area contributed by atoms with Gasteiger partial charge in [0.1, 0.15) is 5.82 Å². The Morgan fingerprint density at radius 3 is 2.78 bits per heavy atom. The minimum absolute atomic E-state index is 0.324. The maximum atomic E-state index is 12.5. The number of halogens is 2. The lowest BCUT2D eigenvalue weighted by molar-refractivity contribution is 0.617.